The molecule has 0 unspecified atom stereocenters. The zero-order valence-corrected chi connectivity index (χ0v) is 10.7. The topological polar surface area (TPSA) is 75.7 Å². The van der Waals surface area contributed by atoms with Crippen LogP contribution in [0.3, 0.4) is 0 Å². The number of amides is 3. The van der Waals surface area contributed by atoms with E-state index in [1.807, 2.05) is 0 Å². The number of hydrogen-bond acceptors (Lipinski definition) is 4. The second kappa shape index (κ2) is 6.15. The highest BCUT2D eigenvalue weighted by atomic mass is 16.7. The molecule has 0 rings (SSSR count). The van der Waals surface area contributed by atoms with Gasteiger partial charge in [0.2, 0.25) is 5.91 Å². The molecule has 0 aliphatic rings. The summed E-state index contributed by atoms with van der Waals surface area (Å²) >= 11 is 0. The van der Waals surface area contributed by atoms with Crippen LogP contribution in [0.4, 0.5) is 0 Å². The number of rotatable bonds is 3. The van der Waals surface area contributed by atoms with Crippen LogP contribution in [0.15, 0.2) is 12.2 Å². The predicted octanol–water partition coefficient (Wildman–Crippen LogP) is 0.251. The summed E-state index contributed by atoms with van der Waals surface area (Å²) in [7, 11) is 2.74. The fraction of sp³-hybridized carbons (Fsp3) is 0.545. The van der Waals surface area contributed by atoms with Crippen molar-refractivity contribution >= 4 is 17.7 Å². The van der Waals surface area contributed by atoms with Gasteiger partial charge in [0.15, 0.2) is 0 Å². The fourth-order valence-corrected chi connectivity index (χ4v) is 0.683. The van der Waals surface area contributed by atoms with Gasteiger partial charge in [-0.05, 0) is 0 Å². The summed E-state index contributed by atoms with van der Waals surface area (Å²) in [6, 6.07) is 0. The van der Waals surface area contributed by atoms with Crippen molar-refractivity contribution in [2.75, 3.05) is 14.2 Å². The quantitative estimate of drug-likeness (QED) is 0.568. The van der Waals surface area contributed by atoms with Crippen LogP contribution in [-0.4, -0.2) is 36.9 Å². The molecule has 17 heavy (non-hydrogen) atoms. The highest BCUT2D eigenvalue weighted by Crippen LogP contribution is 2.12. The van der Waals surface area contributed by atoms with Gasteiger partial charge in [0, 0.05) is 24.6 Å². The molecule has 0 saturated heterocycles. The number of carbonyl (C=O) groups is 3. The van der Waals surface area contributed by atoms with Crippen LogP contribution >= 0.6 is 0 Å². The third-order valence-electron chi connectivity index (χ3n) is 1.88. The second-order valence-corrected chi connectivity index (χ2v) is 4.42. The van der Waals surface area contributed by atoms with Crippen molar-refractivity contribution in [3.63, 3.8) is 0 Å². The Morgan fingerprint density at radius 2 is 1.71 bits per heavy atom. The number of nitrogens with zero attached hydrogens (tertiary/aromatic N) is 1. The molecular formula is C11H18N2O4. The molecule has 1 N–H and O–H groups in total. The molecule has 0 aromatic rings. The number of hydrogen-bond donors (Lipinski definition) is 1. The van der Waals surface area contributed by atoms with Crippen LogP contribution in [0.2, 0.25) is 0 Å². The molecule has 0 aliphatic carbocycles. The Bertz CT molecular complexity index is 342. The van der Waals surface area contributed by atoms with E-state index in [1.54, 1.807) is 20.8 Å². The summed E-state index contributed by atoms with van der Waals surface area (Å²) < 4.78 is 0. The van der Waals surface area contributed by atoms with E-state index in [4.69, 9.17) is 0 Å². The van der Waals surface area contributed by atoms with E-state index in [-0.39, 0.29) is 0 Å². The first kappa shape index (κ1) is 15.3. The molecule has 6 nitrogen and oxygen atoms in total. The highest BCUT2D eigenvalue weighted by molar-refractivity contribution is 6.04. The molecule has 0 bridgehead atoms. The number of hydroxylamine groups is 2. The van der Waals surface area contributed by atoms with E-state index in [2.05, 4.69) is 10.2 Å². The maximum atomic E-state index is 11.4. The van der Waals surface area contributed by atoms with Crippen molar-refractivity contribution in [2.24, 2.45) is 5.41 Å². The standard InChI is InChI=1S/C11H18N2O4/c1-11(2,3)10(16)12-8(14)6-7-9(15)13(4)17-5/h6-7H,1-5H3,(H,12,14,16)/b7-6+. The lowest BCUT2D eigenvalue weighted by molar-refractivity contribution is -0.162. The number of imide groups is 1. The molecule has 96 valence electrons. The predicted molar refractivity (Wildman–Crippen MR) is 61.5 cm³/mol. The van der Waals surface area contributed by atoms with Gasteiger partial charge in [0.1, 0.15) is 0 Å². The van der Waals surface area contributed by atoms with Gasteiger partial charge < -0.3 is 0 Å². The molecule has 3 amide bonds. The second-order valence-electron chi connectivity index (χ2n) is 4.42. The van der Waals surface area contributed by atoms with Crippen molar-refractivity contribution in [3.05, 3.63) is 12.2 Å². The van der Waals surface area contributed by atoms with E-state index in [0.29, 0.717) is 0 Å². The summed E-state index contributed by atoms with van der Waals surface area (Å²) in [5.41, 5.74) is -0.656. The lowest BCUT2D eigenvalue weighted by atomic mass is 9.96. The Kier molecular flexibility index (Phi) is 5.53. The molecule has 6 heteroatoms. The maximum Gasteiger partial charge on any atom is 0.270 e. The Balaban J connectivity index is 4.34. The molecule has 0 fully saturated rings. The van der Waals surface area contributed by atoms with Crippen LogP contribution in [0.1, 0.15) is 20.8 Å². The van der Waals surface area contributed by atoms with Gasteiger partial charge in [0.05, 0.1) is 7.11 Å². The first-order valence-corrected chi connectivity index (χ1v) is 5.03. The number of likely N-dealkylation sites (N-methyl/N-ethyl adjacent to an activating group) is 1. The molecule has 0 aromatic carbocycles. The molecule has 0 aliphatic heterocycles. The van der Waals surface area contributed by atoms with Crippen molar-refractivity contribution in [2.45, 2.75) is 20.8 Å². The van der Waals surface area contributed by atoms with E-state index in [0.717, 1.165) is 17.2 Å². The lowest BCUT2D eigenvalue weighted by Gasteiger charge is -2.15. The van der Waals surface area contributed by atoms with Gasteiger partial charge >= 0.3 is 0 Å². The van der Waals surface area contributed by atoms with E-state index in [9.17, 15) is 14.4 Å². The Labute approximate surface area is 101 Å². The number of carbonyl (C=O) groups excluding carboxylic acids is 3. The Morgan fingerprint density at radius 3 is 2.12 bits per heavy atom. The Hall–Kier alpha value is -1.69. The molecule has 0 atom stereocenters. The van der Waals surface area contributed by atoms with Crippen molar-refractivity contribution < 1.29 is 19.2 Å². The van der Waals surface area contributed by atoms with Gasteiger partial charge in [-0.15, -0.1) is 0 Å². The molecule has 0 spiro atoms. The largest absolute Gasteiger partial charge is 0.292 e. The average molecular weight is 242 g/mol. The summed E-state index contributed by atoms with van der Waals surface area (Å²) in [5, 5.41) is 3.11. The van der Waals surface area contributed by atoms with Crippen molar-refractivity contribution in [3.8, 4) is 0 Å². The Morgan fingerprint density at radius 1 is 1.18 bits per heavy atom. The molecule has 0 radical (unpaired) electrons. The summed E-state index contributed by atoms with van der Waals surface area (Å²) in [6.45, 7) is 5.05. The van der Waals surface area contributed by atoms with Gasteiger partial charge in [-0.25, -0.2) is 5.06 Å². The van der Waals surface area contributed by atoms with Crippen LogP contribution in [0.5, 0.6) is 0 Å². The van der Waals surface area contributed by atoms with E-state index < -0.39 is 23.1 Å². The SMILES string of the molecule is CON(C)C(=O)/C=C/C(=O)NC(=O)C(C)(C)C. The fourth-order valence-electron chi connectivity index (χ4n) is 0.683. The molecular weight excluding hydrogens is 224 g/mol. The highest BCUT2D eigenvalue weighted by Gasteiger charge is 2.22. The van der Waals surface area contributed by atoms with Crippen LogP contribution in [0, 0.1) is 5.41 Å². The first-order chi connectivity index (χ1) is 7.68. The minimum absolute atomic E-state index is 0.403. The van der Waals surface area contributed by atoms with Crippen molar-refractivity contribution in [1.29, 1.82) is 0 Å². The van der Waals surface area contributed by atoms with Crippen LogP contribution in [-0.2, 0) is 19.2 Å². The molecule has 0 saturated carbocycles. The van der Waals surface area contributed by atoms with Crippen molar-refractivity contribution in [1.82, 2.24) is 10.4 Å². The summed E-state index contributed by atoms with van der Waals surface area (Å²) in [5.74, 6) is -1.53. The summed E-state index contributed by atoms with van der Waals surface area (Å²) in [6.07, 6.45) is 2.01. The first-order valence-electron chi connectivity index (χ1n) is 5.03. The normalized spacial score (nSPS) is 11.4. The van der Waals surface area contributed by atoms with Gasteiger partial charge in [-0.2, -0.15) is 0 Å². The van der Waals surface area contributed by atoms with Gasteiger partial charge in [-0.3, -0.25) is 24.5 Å². The van der Waals surface area contributed by atoms with Crippen LogP contribution in [0.25, 0.3) is 0 Å². The zero-order chi connectivity index (χ0) is 13.6. The molecule has 0 heterocycles. The van der Waals surface area contributed by atoms with Gasteiger partial charge in [-0.1, -0.05) is 20.8 Å². The van der Waals surface area contributed by atoms with Crippen LogP contribution < -0.4 is 5.32 Å². The maximum absolute atomic E-state index is 11.4. The molecule has 0 aromatic heterocycles. The minimum Gasteiger partial charge on any atom is -0.292 e. The van der Waals surface area contributed by atoms with E-state index >= 15 is 0 Å². The summed E-state index contributed by atoms with van der Waals surface area (Å²) in [4.78, 5) is 38.5. The zero-order valence-electron chi connectivity index (χ0n) is 10.7. The average Bonchev–Trinajstić information content (AvgIpc) is 2.23. The monoisotopic (exact) mass is 242 g/mol. The van der Waals surface area contributed by atoms with E-state index in [1.165, 1.54) is 14.2 Å². The number of nitrogens with one attached hydrogen (secondary N) is 1. The lowest BCUT2D eigenvalue weighted by Crippen LogP contribution is -2.38. The smallest absolute Gasteiger partial charge is 0.270 e. The third-order valence-corrected chi connectivity index (χ3v) is 1.88. The minimum atomic E-state index is -0.656. The third kappa shape index (κ3) is 5.82. The van der Waals surface area contributed by atoms with Gasteiger partial charge in [0.25, 0.3) is 11.8 Å².